The predicted molar refractivity (Wildman–Crippen MR) is 65.8 cm³/mol. The molecule has 1 aliphatic heterocycles. The number of ether oxygens (including phenoxy) is 2. The average Bonchev–Trinajstić information content (AvgIpc) is 2.37. The number of hydrogen-bond donors (Lipinski definition) is 0. The fourth-order valence-corrected chi connectivity index (χ4v) is 2.03. The van der Waals surface area contributed by atoms with Gasteiger partial charge in [0.1, 0.15) is 5.75 Å². The topological polar surface area (TPSA) is 52.6 Å². The lowest BCUT2D eigenvalue weighted by Crippen LogP contribution is -2.24. The highest BCUT2D eigenvalue weighted by Crippen LogP contribution is 2.31. The number of rotatable bonds is 3. The van der Waals surface area contributed by atoms with Crippen LogP contribution < -0.4 is 4.74 Å². The van der Waals surface area contributed by atoms with Crippen LogP contribution in [0.15, 0.2) is 18.2 Å². The molecule has 0 amide bonds. The molecule has 96 valence electrons. The lowest BCUT2D eigenvalue weighted by molar-refractivity contribution is -0.137. The minimum absolute atomic E-state index is 0.0636. The molecule has 0 bridgehead atoms. The molecule has 0 spiro atoms. The standard InChI is InChI=1S/C14H16O4/c1-3-17-14(16)12(15)11-6-4-5-10-8-7-9(2)18-13(10)11/h4-6,9H,3,7-8H2,1-2H3. The van der Waals surface area contributed by atoms with Crippen molar-refractivity contribution in [1.29, 1.82) is 0 Å². The van der Waals surface area contributed by atoms with Crippen LogP contribution in [-0.4, -0.2) is 24.5 Å². The van der Waals surface area contributed by atoms with Crippen LogP contribution in [0.4, 0.5) is 0 Å². The third-order valence-corrected chi connectivity index (χ3v) is 2.94. The molecule has 4 heteroatoms. The van der Waals surface area contributed by atoms with Gasteiger partial charge in [-0.1, -0.05) is 12.1 Å². The zero-order valence-electron chi connectivity index (χ0n) is 10.6. The predicted octanol–water partition coefficient (Wildman–Crippen LogP) is 2.15. The lowest BCUT2D eigenvalue weighted by atomic mass is 9.98. The number of esters is 1. The van der Waals surface area contributed by atoms with Crippen LogP contribution in [0.5, 0.6) is 5.75 Å². The summed E-state index contributed by atoms with van der Waals surface area (Å²) in [6, 6.07) is 5.30. The highest BCUT2D eigenvalue weighted by atomic mass is 16.5. The summed E-state index contributed by atoms with van der Waals surface area (Å²) >= 11 is 0. The second-order valence-electron chi connectivity index (χ2n) is 4.31. The number of Topliss-reactive ketones (excluding diaryl/α,β-unsaturated/α-hetero) is 1. The van der Waals surface area contributed by atoms with Crippen LogP contribution in [0.2, 0.25) is 0 Å². The summed E-state index contributed by atoms with van der Waals surface area (Å²) < 4.78 is 10.4. The first-order valence-corrected chi connectivity index (χ1v) is 6.13. The highest BCUT2D eigenvalue weighted by Gasteiger charge is 2.26. The molecule has 2 rings (SSSR count). The van der Waals surface area contributed by atoms with Crippen molar-refractivity contribution in [2.75, 3.05) is 6.61 Å². The molecule has 1 atom stereocenters. The van der Waals surface area contributed by atoms with Crippen molar-refractivity contribution in [2.45, 2.75) is 32.8 Å². The molecule has 1 unspecified atom stereocenters. The highest BCUT2D eigenvalue weighted by molar-refractivity contribution is 6.41. The summed E-state index contributed by atoms with van der Waals surface area (Å²) in [5.74, 6) is -0.926. The van der Waals surface area contributed by atoms with E-state index in [-0.39, 0.29) is 12.7 Å². The molecular formula is C14H16O4. The van der Waals surface area contributed by atoms with Gasteiger partial charge in [-0.25, -0.2) is 4.79 Å². The van der Waals surface area contributed by atoms with Gasteiger partial charge in [0.05, 0.1) is 18.3 Å². The van der Waals surface area contributed by atoms with Crippen molar-refractivity contribution in [3.8, 4) is 5.75 Å². The maximum Gasteiger partial charge on any atom is 0.379 e. The second kappa shape index (κ2) is 5.21. The van der Waals surface area contributed by atoms with Crippen molar-refractivity contribution in [1.82, 2.24) is 0 Å². The van der Waals surface area contributed by atoms with Crippen molar-refractivity contribution >= 4 is 11.8 Å². The number of ketones is 1. The van der Waals surface area contributed by atoms with Crippen LogP contribution in [0.3, 0.4) is 0 Å². The first-order chi connectivity index (χ1) is 8.63. The number of fused-ring (bicyclic) bond motifs is 1. The quantitative estimate of drug-likeness (QED) is 0.467. The molecule has 1 aromatic rings. The third-order valence-electron chi connectivity index (χ3n) is 2.94. The maximum absolute atomic E-state index is 12.0. The molecule has 0 N–H and O–H groups in total. The summed E-state index contributed by atoms with van der Waals surface area (Å²) in [5.41, 5.74) is 1.28. The smallest absolute Gasteiger partial charge is 0.379 e. The molecular weight excluding hydrogens is 232 g/mol. The normalized spacial score (nSPS) is 17.6. The Balaban J connectivity index is 2.34. The van der Waals surface area contributed by atoms with Gasteiger partial charge < -0.3 is 9.47 Å². The van der Waals surface area contributed by atoms with E-state index in [4.69, 9.17) is 9.47 Å². The fourth-order valence-electron chi connectivity index (χ4n) is 2.03. The molecule has 0 saturated heterocycles. The van der Waals surface area contributed by atoms with Crippen molar-refractivity contribution in [2.24, 2.45) is 0 Å². The maximum atomic E-state index is 12.0. The van der Waals surface area contributed by atoms with E-state index in [0.29, 0.717) is 11.3 Å². The van der Waals surface area contributed by atoms with E-state index in [1.807, 2.05) is 13.0 Å². The van der Waals surface area contributed by atoms with Crippen LogP contribution in [0.1, 0.15) is 36.2 Å². The summed E-state index contributed by atoms with van der Waals surface area (Å²) in [6.45, 7) is 3.82. The number of para-hydroxylation sites is 1. The molecule has 0 fully saturated rings. The van der Waals surface area contributed by atoms with E-state index < -0.39 is 11.8 Å². The van der Waals surface area contributed by atoms with Gasteiger partial charge in [-0.15, -0.1) is 0 Å². The monoisotopic (exact) mass is 248 g/mol. The first-order valence-electron chi connectivity index (χ1n) is 6.13. The zero-order valence-corrected chi connectivity index (χ0v) is 10.6. The molecule has 0 aromatic heterocycles. The van der Waals surface area contributed by atoms with E-state index in [0.717, 1.165) is 18.4 Å². The summed E-state index contributed by atoms with van der Waals surface area (Å²) in [7, 11) is 0. The summed E-state index contributed by atoms with van der Waals surface area (Å²) in [6.07, 6.45) is 1.85. The van der Waals surface area contributed by atoms with Crippen LogP contribution >= 0.6 is 0 Å². The number of carbonyl (C=O) groups is 2. The number of aryl methyl sites for hydroxylation is 1. The van der Waals surface area contributed by atoms with E-state index in [1.54, 1.807) is 19.1 Å². The fraction of sp³-hybridized carbons (Fsp3) is 0.429. The minimum Gasteiger partial charge on any atom is -0.490 e. The van der Waals surface area contributed by atoms with Gasteiger partial charge in [0.25, 0.3) is 5.78 Å². The van der Waals surface area contributed by atoms with Crippen molar-refractivity contribution < 1.29 is 19.1 Å². The first kappa shape index (κ1) is 12.6. The van der Waals surface area contributed by atoms with Crippen molar-refractivity contribution in [3.05, 3.63) is 29.3 Å². The molecule has 1 heterocycles. The van der Waals surface area contributed by atoms with Gasteiger partial charge in [-0.3, -0.25) is 4.79 Å². The Hall–Kier alpha value is -1.84. The molecule has 4 nitrogen and oxygen atoms in total. The number of benzene rings is 1. The Morgan fingerprint density at radius 2 is 2.22 bits per heavy atom. The molecule has 0 saturated carbocycles. The van der Waals surface area contributed by atoms with Gasteiger partial charge in [-0.2, -0.15) is 0 Å². The van der Waals surface area contributed by atoms with Gasteiger partial charge in [-0.05, 0) is 38.3 Å². The molecule has 0 radical (unpaired) electrons. The van der Waals surface area contributed by atoms with Gasteiger partial charge in [0.15, 0.2) is 0 Å². The molecule has 1 aromatic carbocycles. The molecule has 0 aliphatic carbocycles. The SMILES string of the molecule is CCOC(=O)C(=O)c1cccc2c1OC(C)CC2. The average molecular weight is 248 g/mol. The molecule has 1 aliphatic rings. The Kier molecular flexibility index (Phi) is 3.65. The Labute approximate surface area is 106 Å². The minimum atomic E-state index is -0.826. The van der Waals surface area contributed by atoms with Gasteiger partial charge in [0, 0.05) is 0 Å². The summed E-state index contributed by atoms with van der Waals surface area (Å²) in [4.78, 5) is 23.4. The Morgan fingerprint density at radius 3 is 2.94 bits per heavy atom. The van der Waals surface area contributed by atoms with Crippen molar-refractivity contribution in [3.63, 3.8) is 0 Å². The largest absolute Gasteiger partial charge is 0.490 e. The van der Waals surface area contributed by atoms with E-state index in [2.05, 4.69) is 0 Å². The Bertz CT molecular complexity index is 479. The number of hydrogen-bond acceptors (Lipinski definition) is 4. The van der Waals surface area contributed by atoms with Crippen LogP contribution in [0.25, 0.3) is 0 Å². The molecule has 18 heavy (non-hydrogen) atoms. The third kappa shape index (κ3) is 2.37. The Morgan fingerprint density at radius 1 is 1.44 bits per heavy atom. The number of carbonyl (C=O) groups excluding carboxylic acids is 2. The van der Waals surface area contributed by atoms with Crippen LogP contribution in [-0.2, 0) is 16.0 Å². The van der Waals surface area contributed by atoms with Crippen LogP contribution in [0, 0.1) is 0 Å². The van der Waals surface area contributed by atoms with E-state index >= 15 is 0 Å². The van der Waals surface area contributed by atoms with Gasteiger partial charge >= 0.3 is 5.97 Å². The summed E-state index contributed by atoms with van der Waals surface area (Å²) in [5, 5.41) is 0. The zero-order chi connectivity index (χ0) is 13.1. The second-order valence-corrected chi connectivity index (χ2v) is 4.31. The van der Waals surface area contributed by atoms with E-state index in [1.165, 1.54) is 0 Å². The lowest BCUT2D eigenvalue weighted by Gasteiger charge is -2.24. The van der Waals surface area contributed by atoms with Gasteiger partial charge in [0.2, 0.25) is 0 Å². The van der Waals surface area contributed by atoms with E-state index in [9.17, 15) is 9.59 Å².